The van der Waals surface area contributed by atoms with E-state index in [0.717, 1.165) is 23.6 Å². The van der Waals surface area contributed by atoms with Crippen LogP contribution in [0.25, 0.3) is 0 Å². The van der Waals surface area contributed by atoms with Gasteiger partial charge in [0.25, 0.3) is 0 Å². The van der Waals surface area contributed by atoms with Gasteiger partial charge in [-0.15, -0.1) is 10.2 Å². The Labute approximate surface area is 157 Å². The molecule has 8 nitrogen and oxygen atoms in total. The summed E-state index contributed by atoms with van der Waals surface area (Å²) in [4.78, 5) is 19.1. The topological polar surface area (TPSA) is 81.7 Å². The van der Waals surface area contributed by atoms with Crippen molar-refractivity contribution in [2.75, 3.05) is 13.1 Å². The molecule has 0 spiro atoms. The first-order valence-electron chi connectivity index (χ1n) is 9.34. The summed E-state index contributed by atoms with van der Waals surface area (Å²) in [5.74, 6) is 1.98. The Morgan fingerprint density at radius 3 is 2.85 bits per heavy atom. The summed E-state index contributed by atoms with van der Waals surface area (Å²) < 4.78 is 3.90. The zero-order valence-corrected chi connectivity index (χ0v) is 15.4. The molecule has 140 valence electrons. The molecule has 3 aromatic rings. The maximum Gasteiger partial charge on any atom is 0.247 e. The van der Waals surface area contributed by atoms with Crippen molar-refractivity contribution in [1.82, 2.24) is 34.4 Å². The van der Waals surface area contributed by atoms with Gasteiger partial charge >= 0.3 is 0 Å². The molecular formula is C19H23N7O. The largest absolute Gasteiger partial charge is 0.339 e. The average Bonchev–Trinajstić information content (AvgIpc) is 3.29. The summed E-state index contributed by atoms with van der Waals surface area (Å²) in [5, 5.41) is 13.0. The van der Waals surface area contributed by atoms with E-state index < -0.39 is 0 Å². The Balaban J connectivity index is 1.48. The third kappa shape index (κ3) is 3.60. The fraction of sp³-hybridized carbons (Fsp3) is 0.421. The van der Waals surface area contributed by atoms with Gasteiger partial charge in [-0.25, -0.2) is 0 Å². The second-order valence-corrected chi connectivity index (χ2v) is 6.71. The van der Waals surface area contributed by atoms with E-state index in [1.54, 1.807) is 17.1 Å². The summed E-state index contributed by atoms with van der Waals surface area (Å²) in [6.07, 6.45) is 9.30. The second kappa shape index (κ2) is 7.69. The van der Waals surface area contributed by atoms with Crippen molar-refractivity contribution in [2.45, 2.75) is 38.8 Å². The van der Waals surface area contributed by atoms with Gasteiger partial charge in [-0.3, -0.25) is 14.5 Å². The minimum Gasteiger partial charge on any atom is -0.339 e. The number of rotatable bonds is 5. The van der Waals surface area contributed by atoms with Crippen LogP contribution in [0.5, 0.6) is 0 Å². The van der Waals surface area contributed by atoms with Gasteiger partial charge in [-0.05, 0) is 24.1 Å². The van der Waals surface area contributed by atoms with E-state index in [9.17, 15) is 4.79 Å². The van der Waals surface area contributed by atoms with E-state index in [4.69, 9.17) is 0 Å². The number of amides is 1. The molecule has 0 saturated heterocycles. The van der Waals surface area contributed by atoms with Crippen molar-refractivity contribution in [3.63, 3.8) is 0 Å². The third-order valence-electron chi connectivity index (χ3n) is 5.02. The smallest absolute Gasteiger partial charge is 0.247 e. The Kier molecular flexibility index (Phi) is 4.95. The zero-order valence-electron chi connectivity index (χ0n) is 15.4. The predicted octanol–water partition coefficient (Wildman–Crippen LogP) is 1.50. The number of carbonyl (C=O) groups excluding carboxylic acids is 1. The summed E-state index contributed by atoms with van der Waals surface area (Å²) in [7, 11) is 0. The van der Waals surface area contributed by atoms with Crippen LogP contribution in [0.3, 0.4) is 0 Å². The lowest BCUT2D eigenvalue weighted by Crippen LogP contribution is -2.39. The highest BCUT2D eigenvalue weighted by atomic mass is 16.2. The Morgan fingerprint density at radius 1 is 1.19 bits per heavy atom. The van der Waals surface area contributed by atoms with Crippen LogP contribution in [-0.2, 0) is 24.2 Å². The highest BCUT2D eigenvalue weighted by Gasteiger charge is 2.27. The lowest BCUT2D eigenvalue weighted by Gasteiger charge is -2.25. The van der Waals surface area contributed by atoms with E-state index in [-0.39, 0.29) is 11.9 Å². The molecule has 1 amide bonds. The molecule has 4 rings (SSSR count). The molecule has 1 aliphatic rings. The molecule has 0 aliphatic carbocycles. The van der Waals surface area contributed by atoms with Gasteiger partial charge in [0.05, 0.1) is 0 Å². The summed E-state index contributed by atoms with van der Waals surface area (Å²) in [6, 6.07) is 5.57. The first-order chi connectivity index (χ1) is 13.3. The summed E-state index contributed by atoms with van der Waals surface area (Å²) in [5.41, 5.74) is 1.11. The van der Waals surface area contributed by atoms with Crippen LogP contribution >= 0.6 is 0 Å². The Morgan fingerprint density at radius 2 is 2.11 bits per heavy atom. The molecule has 27 heavy (non-hydrogen) atoms. The van der Waals surface area contributed by atoms with E-state index in [2.05, 4.69) is 24.8 Å². The van der Waals surface area contributed by atoms with Gasteiger partial charge in [-0.2, -0.15) is 5.10 Å². The molecule has 1 aliphatic heterocycles. The third-order valence-corrected chi connectivity index (χ3v) is 5.02. The molecular weight excluding hydrogens is 342 g/mol. The van der Waals surface area contributed by atoms with Gasteiger partial charge in [0, 0.05) is 57.3 Å². The average molecular weight is 365 g/mol. The van der Waals surface area contributed by atoms with Crippen molar-refractivity contribution in [3.05, 3.63) is 60.2 Å². The van der Waals surface area contributed by atoms with Crippen LogP contribution in [0.2, 0.25) is 0 Å². The molecule has 1 atom stereocenters. The van der Waals surface area contributed by atoms with Gasteiger partial charge in [0.1, 0.15) is 17.7 Å². The van der Waals surface area contributed by atoms with Crippen molar-refractivity contribution in [3.8, 4) is 0 Å². The molecule has 0 saturated carbocycles. The molecule has 0 unspecified atom stereocenters. The summed E-state index contributed by atoms with van der Waals surface area (Å²) >= 11 is 0. The molecule has 3 aromatic heterocycles. The normalized spacial score (nSPS) is 15.2. The minimum absolute atomic E-state index is 0.119. The van der Waals surface area contributed by atoms with Crippen LogP contribution in [0, 0.1) is 0 Å². The molecule has 0 bridgehead atoms. The van der Waals surface area contributed by atoms with Crippen LogP contribution in [0.1, 0.15) is 36.6 Å². The van der Waals surface area contributed by atoms with E-state index in [0.29, 0.717) is 32.5 Å². The lowest BCUT2D eigenvalue weighted by atomic mass is 10.2. The zero-order chi connectivity index (χ0) is 18.6. The maximum absolute atomic E-state index is 13.0. The molecule has 0 radical (unpaired) electrons. The molecule has 0 aromatic carbocycles. The van der Waals surface area contributed by atoms with E-state index >= 15 is 0 Å². The number of aromatic nitrogens is 6. The second-order valence-electron chi connectivity index (χ2n) is 6.71. The van der Waals surface area contributed by atoms with Crippen LogP contribution in [-0.4, -0.2) is 53.4 Å². The van der Waals surface area contributed by atoms with Crippen LogP contribution < -0.4 is 0 Å². The molecule has 4 heterocycles. The highest BCUT2D eigenvalue weighted by molar-refractivity contribution is 5.80. The number of nitrogens with zero attached hydrogens (tertiary/aromatic N) is 7. The maximum atomic E-state index is 13.0. The van der Waals surface area contributed by atoms with E-state index in [1.165, 1.54) is 0 Å². The quantitative estimate of drug-likeness (QED) is 0.684. The van der Waals surface area contributed by atoms with Crippen molar-refractivity contribution in [2.24, 2.45) is 0 Å². The Hall–Kier alpha value is -3.03. The fourth-order valence-electron chi connectivity index (χ4n) is 3.57. The van der Waals surface area contributed by atoms with Crippen molar-refractivity contribution in [1.29, 1.82) is 0 Å². The predicted molar refractivity (Wildman–Crippen MR) is 98.9 cm³/mol. The number of hydrogen-bond acceptors (Lipinski definition) is 5. The lowest BCUT2D eigenvalue weighted by molar-refractivity contribution is -0.135. The van der Waals surface area contributed by atoms with Crippen LogP contribution in [0.15, 0.2) is 43.0 Å². The van der Waals surface area contributed by atoms with Crippen molar-refractivity contribution < 1.29 is 4.79 Å². The van der Waals surface area contributed by atoms with E-state index in [1.807, 2.05) is 42.4 Å². The van der Waals surface area contributed by atoms with Gasteiger partial charge in [0.2, 0.25) is 5.91 Å². The number of hydrogen-bond donors (Lipinski definition) is 0. The molecule has 0 fully saturated rings. The fourth-order valence-corrected chi connectivity index (χ4v) is 3.57. The summed E-state index contributed by atoms with van der Waals surface area (Å²) in [6.45, 7) is 4.03. The van der Waals surface area contributed by atoms with Crippen molar-refractivity contribution >= 4 is 5.91 Å². The minimum atomic E-state index is -0.251. The molecule has 0 N–H and O–H groups in total. The SMILES string of the molecule is CC[C@@H](C(=O)N1CCc2nnc(Cc3cccnc3)n2CC1)n1cccn1. The number of pyridine rings is 1. The molecule has 8 heteroatoms. The van der Waals surface area contributed by atoms with Gasteiger partial charge in [0.15, 0.2) is 0 Å². The van der Waals surface area contributed by atoms with Gasteiger partial charge < -0.3 is 9.47 Å². The highest BCUT2D eigenvalue weighted by Crippen LogP contribution is 2.18. The first-order valence-corrected chi connectivity index (χ1v) is 9.34. The number of fused-ring (bicyclic) bond motifs is 1. The van der Waals surface area contributed by atoms with Crippen LogP contribution in [0.4, 0.5) is 0 Å². The Bertz CT molecular complexity index is 888. The first kappa shape index (κ1) is 17.4. The van der Waals surface area contributed by atoms with Gasteiger partial charge in [-0.1, -0.05) is 13.0 Å². The number of carbonyl (C=O) groups is 1. The standard InChI is InChI=1S/C19H23N7O/c1-2-16(26-9-4-8-21-26)19(27)24-10-6-17-22-23-18(25(17)12-11-24)13-15-5-3-7-20-14-15/h3-5,7-9,14,16H,2,6,10-13H2,1H3/t16-/m0/s1. The monoisotopic (exact) mass is 365 g/mol.